The number of thioether (sulfide) groups is 1. The van der Waals surface area contributed by atoms with Crippen molar-refractivity contribution in [1.82, 2.24) is 10.2 Å². The number of carboxylic acids is 1. The van der Waals surface area contributed by atoms with E-state index in [0.717, 1.165) is 24.6 Å². The molecule has 24 heavy (non-hydrogen) atoms. The third-order valence-electron chi connectivity index (χ3n) is 4.38. The van der Waals surface area contributed by atoms with Crippen LogP contribution in [0.5, 0.6) is 0 Å². The summed E-state index contributed by atoms with van der Waals surface area (Å²) in [6.45, 7) is 3.79. The van der Waals surface area contributed by atoms with Crippen LogP contribution in [0, 0.1) is 11.8 Å². The van der Waals surface area contributed by atoms with Crippen LogP contribution in [0.1, 0.15) is 39.5 Å². The van der Waals surface area contributed by atoms with Crippen LogP contribution >= 0.6 is 11.8 Å². The fourth-order valence-corrected chi connectivity index (χ4v) is 3.58. The number of carbonyl (C=O) groups excluding carboxylic acids is 3. The van der Waals surface area contributed by atoms with E-state index in [1.807, 2.05) is 0 Å². The lowest BCUT2D eigenvalue weighted by atomic mass is 10.1. The average Bonchev–Trinajstić information content (AvgIpc) is 3.27. The second-order valence-corrected chi connectivity index (χ2v) is 7.59. The Morgan fingerprint density at radius 1 is 1.21 bits per heavy atom. The first-order chi connectivity index (χ1) is 11.3. The van der Waals surface area contributed by atoms with Crippen LogP contribution in [0.3, 0.4) is 0 Å². The smallest absolute Gasteiger partial charge is 0.326 e. The SMILES string of the molecule is CC(CSC(=O)[C@H](C)NC(=O)C1CC1)C(=O)N1CCC[C@H]1C(=O)O. The highest BCUT2D eigenvalue weighted by atomic mass is 32.2. The Kier molecular flexibility index (Phi) is 6.26. The number of carboxylic acid groups (broad SMARTS) is 1. The van der Waals surface area contributed by atoms with E-state index in [1.54, 1.807) is 13.8 Å². The van der Waals surface area contributed by atoms with E-state index >= 15 is 0 Å². The molecule has 1 saturated heterocycles. The predicted octanol–water partition coefficient (Wildman–Crippen LogP) is 0.873. The second kappa shape index (κ2) is 8.00. The number of hydrogen-bond donors (Lipinski definition) is 2. The van der Waals surface area contributed by atoms with Gasteiger partial charge < -0.3 is 15.3 Å². The van der Waals surface area contributed by atoms with Crippen molar-refractivity contribution in [2.45, 2.75) is 51.6 Å². The molecule has 1 aliphatic carbocycles. The van der Waals surface area contributed by atoms with Gasteiger partial charge in [0.1, 0.15) is 6.04 Å². The summed E-state index contributed by atoms with van der Waals surface area (Å²) in [5.41, 5.74) is 0. The standard InChI is InChI=1S/C16H24N2O5S/c1-9(14(20)18-7-3-4-12(18)15(21)22)8-24-16(23)10(2)17-13(19)11-5-6-11/h9-12H,3-8H2,1-2H3,(H,17,19)(H,21,22)/t9?,10-,12-/m0/s1. The summed E-state index contributed by atoms with van der Waals surface area (Å²) in [5.74, 6) is -1.39. The Balaban J connectivity index is 1.77. The zero-order chi connectivity index (χ0) is 17.9. The maximum atomic E-state index is 12.4. The molecule has 1 aliphatic heterocycles. The molecule has 2 aliphatic rings. The zero-order valence-electron chi connectivity index (χ0n) is 14.0. The number of hydrogen-bond acceptors (Lipinski definition) is 5. The van der Waals surface area contributed by atoms with Crippen LogP contribution in [0.4, 0.5) is 0 Å². The molecule has 3 atom stereocenters. The van der Waals surface area contributed by atoms with Gasteiger partial charge in [-0.3, -0.25) is 14.4 Å². The molecule has 2 N–H and O–H groups in total. The third kappa shape index (κ3) is 4.72. The van der Waals surface area contributed by atoms with Gasteiger partial charge in [-0.25, -0.2) is 4.79 Å². The minimum absolute atomic E-state index is 0.0499. The topological polar surface area (TPSA) is 104 Å². The summed E-state index contributed by atoms with van der Waals surface area (Å²) in [6.07, 6.45) is 2.92. The summed E-state index contributed by atoms with van der Waals surface area (Å²) in [5, 5.41) is 11.7. The van der Waals surface area contributed by atoms with Crippen molar-refractivity contribution in [2.75, 3.05) is 12.3 Å². The molecule has 134 valence electrons. The van der Waals surface area contributed by atoms with E-state index in [0.29, 0.717) is 19.4 Å². The maximum absolute atomic E-state index is 12.4. The highest BCUT2D eigenvalue weighted by Gasteiger charge is 2.36. The Labute approximate surface area is 145 Å². The second-order valence-electron chi connectivity index (χ2n) is 6.56. The lowest BCUT2D eigenvalue weighted by Crippen LogP contribution is -2.43. The first-order valence-electron chi connectivity index (χ1n) is 8.31. The van der Waals surface area contributed by atoms with Crippen LogP contribution in [-0.2, 0) is 19.2 Å². The normalized spacial score (nSPS) is 22.8. The van der Waals surface area contributed by atoms with E-state index in [9.17, 15) is 19.2 Å². The summed E-state index contributed by atoms with van der Waals surface area (Å²) < 4.78 is 0. The molecule has 0 aromatic carbocycles. The molecule has 8 heteroatoms. The van der Waals surface area contributed by atoms with E-state index in [1.165, 1.54) is 4.90 Å². The van der Waals surface area contributed by atoms with Gasteiger partial charge in [0.05, 0.1) is 6.04 Å². The molecule has 1 unspecified atom stereocenters. The highest BCUT2D eigenvalue weighted by molar-refractivity contribution is 8.13. The van der Waals surface area contributed by atoms with Crippen molar-refractivity contribution in [3.05, 3.63) is 0 Å². The first-order valence-corrected chi connectivity index (χ1v) is 9.30. The van der Waals surface area contributed by atoms with Crippen LogP contribution in [0.15, 0.2) is 0 Å². The highest BCUT2D eigenvalue weighted by Crippen LogP contribution is 2.29. The van der Waals surface area contributed by atoms with Gasteiger partial charge in [-0.2, -0.15) is 0 Å². The van der Waals surface area contributed by atoms with Crippen molar-refractivity contribution in [2.24, 2.45) is 11.8 Å². The van der Waals surface area contributed by atoms with E-state index in [2.05, 4.69) is 5.32 Å². The molecular formula is C16H24N2O5S. The number of amides is 2. The molecule has 2 rings (SSSR count). The van der Waals surface area contributed by atoms with Gasteiger partial charge in [-0.1, -0.05) is 18.7 Å². The molecule has 0 aromatic heterocycles. The molecule has 7 nitrogen and oxygen atoms in total. The number of likely N-dealkylation sites (tertiary alicyclic amines) is 1. The van der Waals surface area contributed by atoms with Crippen molar-refractivity contribution in [3.63, 3.8) is 0 Å². The van der Waals surface area contributed by atoms with Gasteiger partial charge in [0.2, 0.25) is 16.9 Å². The van der Waals surface area contributed by atoms with E-state index in [4.69, 9.17) is 5.11 Å². The lowest BCUT2D eigenvalue weighted by molar-refractivity contribution is -0.149. The molecule has 1 heterocycles. The molecular weight excluding hydrogens is 332 g/mol. The van der Waals surface area contributed by atoms with Crippen LogP contribution in [0.25, 0.3) is 0 Å². The Morgan fingerprint density at radius 2 is 1.88 bits per heavy atom. The third-order valence-corrected chi connectivity index (χ3v) is 5.68. The van der Waals surface area contributed by atoms with Crippen molar-refractivity contribution < 1.29 is 24.3 Å². The number of nitrogens with one attached hydrogen (secondary N) is 1. The van der Waals surface area contributed by atoms with Crippen molar-refractivity contribution in [3.8, 4) is 0 Å². The quantitative estimate of drug-likeness (QED) is 0.702. The first kappa shape index (κ1) is 18.8. The minimum atomic E-state index is -0.979. The van der Waals surface area contributed by atoms with Crippen LogP contribution < -0.4 is 5.32 Å². The summed E-state index contributed by atoms with van der Waals surface area (Å²) in [6, 6.07) is -1.33. The molecule has 1 saturated carbocycles. The van der Waals surface area contributed by atoms with Gasteiger partial charge in [0.15, 0.2) is 0 Å². The van der Waals surface area contributed by atoms with Gasteiger partial charge in [-0.15, -0.1) is 0 Å². The molecule has 0 radical (unpaired) electrons. The van der Waals surface area contributed by atoms with Crippen molar-refractivity contribution >= 4 is 34.7 Å². The van der Waals surface area contributed by atoms with Crippen LogP contribution in [-0.4, -0.2) is 57.3 Å². The Morgan fingerprint density at radius 3 is 2.46 bits per heavy atom. The molecule has 2 fully saturated rings. The fourth-order valence-electron chi connectivity index (χ4n) is 2.71. The van der Waals surface area contributed by atoms with Crippen LogP contribution in [0.2, 0.25) is 0 Å². The van der Waals surface area contributed by atoms with Gasteiger partial charge >= 0.3 is 5.97 Å². The van der Waals surface area contributed by atoms with Gasteiger partial charge in [0.25, 0.3) is 0 Å². The zero-order valence-corrected chi connectivity index (χ0v) is 14.8. The fraction of sp³-hybridized carbons (Fsp3) is 0.750. The maximum Gasteiger partial charge on any atom is 0.326 e. The summed E-state index contributed by atoms with van der Waals surface area (Å²) >= 11 is 1.01. The number of rotatable bonds is 7. The number of carbonyl (C=O) groups is 4. The molecule has 0 spiro atoms. The van der Waals surface area contributed by atoms with E-state index in [-0.39, 0.29) is 28.6 Å². The largest absolute Gasteiger partial charge is 0.480 e. The lowest BCUT2D eigenvalue weighted by Gasteiger charge is -2.24. The molecule has 2 amide bonds. The van der Waals surface area contributed by atoms with Crippen molar-refractivity contribution in [1.29, 1.82) is 0 Å². The van der Waals surface area contributed by atoms with E-state index < -0.39 is 24.0 Å². The Bertz CT molecular complexity index is 535. The Hall–Kier alpha value is -1.57. The van der Waals surface area contributed by atoms with Gasteiger partial charge in [-0.05, 0) is 32.6 Å². The minimum Gasteiger partial charge on any atom is -0.480 e. The summed E-state index contributed by atoms with van der Waals surface area (Å²) in [4.78, 5) is 48.7. The molecule has 0 aromatic rings. The molecule has 0 bridgehead atoms. The number of nitrogens with zero attached hydrogens (tertiary/aromatic N) is 1. The predicted molar refractivity (Wildman–Crippen MR) is 89.3 cm³/mol. The summed E-state index contributed by atoms with van der Waals surface area (Å²) in [7, 11) is 0. The average molecular weight is 356 g/mol. The van der Waals surface area contributed by atoms with Gasteiger partial charge in [0, 0.05) is 24.1 Å². The number of aliphatic carboxylic acids is 1. The monoisotopic (exact) mass is 356 g/mol.